The third-order valence-corrected chi connectivity index (χ3v) is 4.79. The number of ether oxygens (including phenoxy) is 1. The number of aromatic hydroxyl groups is 1. The molecular weight excluding hydrogens is 356 g/mol. The Morgan fingerprint density at radius 2 is 1.92 bits per heavy atom. The summed E-state index contributed by atoms with van der Waals surface area (Å²) in [5, 5.41) is 14.8. The molecule has 7 nitrogen and oxygen atoms in total. The zero-order chi connectivity index (χ0) is 19.1. The molecule has 2 amide bonds. The molecule has 2 rings (SSSR count). The molecule has 0 radical (unpaired) electrons. The van der Waals surface area contributed by atoms with Crippen LogP contribution in [0.5, 0.6) is 5.75 Å². The van der Waals surface area contributed by atoms with Crippen LogP contribution in [-0.2, 0) is 16.1 Å². The van der Waals surface area contributed by atoms with Crippen LogP contribution in [0.3, 0.4) is 0 Å². The van der Waals surface area contributed by atoms with Gasteiger partial charge in [-0.2, -0.15) is 0 Å². The van der Waals surface area contributed by atoms with Gasteiger partial charge in [0, 0.05) is 13.1 Å². The zero-order valence-corrected chi connectivity index (χ0v) is 15.3. The topological polar surface area (TPSA) is 105 Å². The van der Waals surface area contributed by atoms with E-state index in [-0.39, 0.29) is 37.1 Å². The number of amides is 2. The van der Waals surface area contributed by atoms with Gasteiger partial charge in [-0.05, 0) is 36.2 Å². The van der Waals surface area contributed by atoms with Gasteiger partial charge in [0.2, 0.25) is 0 Å². The minimum absolute atomic E-state index is 0.0872. The van der Waals surface area contributed by atoms with Gasteiger partial charge < -0.3 is 20.5 Å². The molecule has 138 valence electrons. The van der Waals surface area contributed by atoms with Crippen LogP contribution in [0.2, 0.25) is 0 Å². The Hall–Kier alpha value is -2.87. The number of carbonyl (C=O) groups is 3. The molecular formula is C18H20N2O5S. The number of methoxy groups -OCH3 is 1. The summed E-state index contributed by atoms with van der Waals surface area (Å²) in [4.78, 5) is 36.4. The van der Waals surface area contributed by atoms with Crippen LogP contribution in [0.25, 0.3) is 0 Å². The van der Waals surface area contributed by atoms with Crippen LogP contribution in [0, 0.1) is 6.92 Å². The second-order valence-electron chi connectivity index (χ2n) is 5.56. The van der Waals surface area contributed by atoms with Gasteiger partial charge >= 0.3 is 5.97 Å². The fraction of sp³-hybridized carbons (Fsp3) is 0.278. The highest BCUT2D eigenvalue weighted by Gasteiger charge is 2.17. The maximum atomic E-state index is 12.3. The average Bonchev–Trinajstić information content (AvgIpc) is 3.01. The highest BCUT2D eigenvalue weighted by Crippen LogP contribution is 2.22. The molecule has 1 aromatic carbocycles. The molecule has 0 aliphatic rings. The van der Waals surface area contributed by atoms with Crippen molar-refractivity contribution in [2.45, 2.75) is 19.9 Å². The Labute approximate surface area is 155 Å². The number of aryl methyl sites for hydroxylation is 1. The Morgan fingerprint density at radius 3 is 2.62 bits per heavy atom. The van der Waals surface area contributed by atoms with Crippen molar-refractivity contribution in [3.8, 4) is 5.75 Å². The highest BCUT2D eigenvalue weighted by atomic mass is 32.1. The van der Waals surface area contributed by atoms with Gasteiger partial charge in [0.1, 0.15) is 5.75 Å². The van der Waals surface area contributed by atoms with E-state index in [1.54, 1.807) is 37.3 Å². The van der Waals surface area contributed by atoms with E-state index in [0.29, 0.717) is 15.3 Å². The van der Waals surface area contributed by atoms with Gasteiger partial charge in [-0.3, -0.25) is 14.4 Å². The lowest BCUT2D eigenvalue weighted by Gasteiger charge is -2.04. The summed E-state index contributed by atoms with van der Waals surface area (Å²) in [5.74, 6) is -0.895. The van der Waals surface area contributed by atoms with Crippen LogP contribution >= 0.6 is 11.3 Å². The minimum Gasteiger partial charge on any atom is -0.508 e. The van der Waals surface area contributed by atoms with Crippen molar-refractivity contribution < 1.29 is 24.2 Å². The molecule has 0 saturated heterocycles. The summed E-state index contributed by atoms with van der Waals surface area (Å²) in [6, 6.07) is 8.26. The van der Waals surface area contributed by atoms with Crippen molar-refractivity contribution in [1.29, 1.82) is 0 Å². The van der Waals surface area contributed by atoms with E-state index < -0.39 is 5.97 Å². The zero-order valence-electron chi connectivity index (χ0n) is 14.5. The van der Waals surface area contributed by atoms with E-state index in [1.165, 1.54) is 7.11 Å². The summed E-state index contributed by atoms with van der Waals surface area (Å²) >= 11 is 1.09. The standard InChI is InChI=1S/C18H20N2O5S/c1-11-8-14(17(23)20-10-12-4-3-5-13(21)9-12)26-16(11)18(24)19-7-6-15(22)25-2/h3-5,8-9,21H,6-7,10H2,1-2H3,(H,19,24)(H,20,23). The number of nitrogens with one attached hydrogen (secondary N) is 2. The van der Waals surface area contributed by atoms with Crippen molar-refractivity contribution in [2.75, 3.05) is 13.7 Å². The van der Waals surface area contributed by atoms with Gasteiger partial charge in [0.25, 0.3) is 11.8 Å². The second kappa shape index (κ2) is 9.00. The molecule has 0 bridgehead atoms. The first kappa shape index (κ1) is 19.5. The SMILES string of the molecule is COC(=O)CCNC(=O)c1sc(C(=O)NCc2cccc(O)c2)cc1C. The van der Waals surface area contributed by atoms with Crippen LogP contribution in [0.15, 0.2) is 30.3 Å². The van der Waals surface area contributed by atoms with Gasteiger partial charge in [-0.15, -0.1) is 11.3 Å². The van der Waals surface area contributed by atoms with Crippen molar-refractivity contribution in [2.24, 2.45) is 0 Å². The molecule has 0 aliphatic carbocycles. The third kappa shape index (κ3) is 5.32. The Kier molecular flexibility index (Phi) is 6.74. The van der Waals surface area contributed by atoms with Gasteiger partial charge in [0.15, 0.2) is 0 Å². The Balaban J connectivity index is 1.94. The molecule has 2 aromatic rings. The number of phenols is 1. The molecule has 0 atom stereocenters. The number of benzene rings is 1. The van der Waals surface area contributed by atoms with Crippen LogP contribution in [-0.4, -0.2) is 36.5 Å². The van der Waals surface area contributed by atoms with E-state index in [2.05, 4.69) is 15.4 Å². The molecule has 1 aromatic heterocycles. The first-order valence-electron chi connectivity index (χ1n) is 7.92. The summed E-state index contributed by atoms with van der Waals surface area (Å²) in [7, 11) is 1.29. The molecule has 0 fully saturated rings. The predicted molar refractivity (Wildman–Crippen MR) is 97.3 cm³/mol. The molecule has 8 heteroatoms. The van der Waals surface area contributed by atoms with Gasteiger partial charge in [0.05, 0.1) is 23.3 Å². The lowest BCUT2D eigenvalue weighted by Crippen LogP contribution is -2.26. The summed E-state index contributed by atoms with van der Waals surface area (Å²) in [5.41, 5.74) is 1.46. The number of thiophene rings is 1. The lowest BCUT2D eigenvalue weighted by atomic mass is 10.2. The van der Waals surface area contributed by atoms with E-state index in [9.17, 15) is 19.5 Å². The molecule has 0 spiro atoms. The number of carbonyl (C=O) groups excluding carboxylic acids is 3. The fourth-order valence-corrected chi connectivity index (χ4v) is 3.22. The Bertz CT molecular complexity index is 816. The van der Waals surface area contributed by atoms with E-state index >= 15 is 0 Å². The van der Waals surface area contributed by atoms with Crippen molar-refractivity contribution in [3.63, 3.8) is 0 Å². The molecule has 1 heterocycles. The first-order chi connectivity index (χ1) is 12.4. The maximum absolute atomic E-state index is 12.3. The molecule has 0 aliphatic heterocycles. The lowest BCUT2D eigenvalue weighted by molar-refractivity contribution is -0.140. The predicted octanol–water partition coefficient (Wildman–Crippen LogP) is 1.99. The van der Waals surface area contributed by atoms with Gasteiger partial charge in [-0.1, -0.05) is 12.1 Å². The quantitative estimate of drug-likeness (QED) is 0.641. The van der Waals surface area contributed by atoms with E-state index in [4.69, 9.17) is 0 Å². The smallest absolute Gasteiger partial charge is 0.307 e. The summed E-state index contributed by atoms with van der Waals surface area (Å²) in [6.45, 7) is 2.18. The van der Waals surface area contributed by atoms with Crippen LogP contribution in [0.4, 0.5) is 0 Å². The second-order valence-corrected chi connectivity index (χ2v) is 6.61. The number of rotatable bonds is 7. The van der Waals surface area contributed by atoms with E-state index in [0.717, 1.165) is 16.9 Å². The number of hydrogen-bond donors (Lipinski definition) is 3. The number of esters is 1. The highest BCUT2D eigenvalue weighted by molar-refractivity contribution is 7.16. The number of phenolic OH excluding ortho intramolecular Hbond substituents is 1. The van der Waals surface area contributed by atoms with E-state index in [1.807, 2.05) is 0 Å². The molecule has 0 unspecified atom stereocenters. The minimum atomic E-state index is -0.403. The van der Waals surface area contributed by atoms with Crippen molar-refractivity contribution in [3.05, 3.63) is 51.2 Å². The van der Waals surface area contributed by atoms with Crippen LogP contribution < -0.4 is 10.6 Å². The molecule has 0 saturated carbocycles. The largest absolute Gasteiger partial charge is 0.508 e. The maximum Gasteiger partial charge on any atom is 0.307 e. The number of hydrogen-bond acceptors (Lipinski definition) is 6. The Morgan fingerprint density at radius 1 is 1.15 bits per heavy atom. The van der Waals surface area contributed by atoms with Gasteiger partial charge in [-0.25, -0.2) is 0 Å². The first-order valence-corrected chi connectivity index (χ1v) is 8.74. The summed E-state index contributed by atoms with van der Waals surface area (Å²) < 4.78 is 4.51. The van der Waals surface area contributed by atoms with Crippen molar-refractivity contribution in [1.82, 2.24) is 10.6 Å². The normalized spacial score (nSPS) is 10.2. The third-order valence-electron chi connectivity index (χ3n) is 3.55. The summed E-state index contributed by atoms with van der Waals surface area (Å²) in [6.07, 6.45) is 0.0872. The molecule has 26 heavy (non-hydrogen) atoms. The monoisotopic (exact) mass is 376 g/mol. The fourth-order valence-electron chi connectivity index (χ4n) is 2.22. The van der Waals surface area contributed by atoms with Crippen LogP contribution in [0.1, 0.15) is 36.9 Å². The molecule has 3 N–H and O–H groups in total. The average molecular weight is 376 g/mol. The van der Waals surface area contributed by atoms with Crippen molar-refractivity contribution >= 4 is 29.1 Å².